The molecule has 1 aromatic heterocycles. The number of rotatable bonds is 1. The molecule has 4 heteroatoms. The van der Waals surface area contributed by atoms with Crippen LogP contribution in [0.5, 0.6) is 0 Å². The molecule has 0 N–H and O–H groups in total. The predicted octanol–water partition coefficient (Wildman–Crippen LogP) is 0.747. The van der Waals surface area contributed by atoms with E-state index in [0.29, 0.717) is 5.69 Å². The maximum Gasteiger partial charge on any atom is 0.272 e. The van der Waals surface area contributed by atoms with Gasteiger partial charge in [-0.15, -0.1) is 0 Å². The van der Waals surface area contributed by atoms with Gasteiger partial charge >= 0.3 is 0 Å². The van der Waals surface area contributed by atoms with E-state index in [2.05, 4.69) is 5.10 Å². The Morgan fingerprint density at radius 2 is 2.23 bits per heavy atom. The summed E-state index contributed by atoms with van der Waals surface area (Å²) in [5.74, 6) is 0.0961. The molecule has 0 fully saturated rings. The quantitative estimate of drug-likeness (QED) is 0.638. The van der Waals surface area contributed by atoms with Gasteiger partial charge < -0.3 is 4.90 Å². The second-order valence-corrected chi connectivity index (χ2v) is 3.53. The van der Waals surface area contributed by atoms with Gasteiger partial charge in [0.1, 0.15) is 5.69 Å². The van der Waals surface area contributed by atoms with E-state index in [-0.39, 0.29) is 11.9 Å². The topological polar surface area (TPSA) is 38.1 Å². The fourth-order valence-electron chi connectivity index (χ4n) is 1.64. The highest BCUT2D eigenvalue weighted by atomic mass is 16.2. The SMILES string of the molecule is CC(C)N1CCn2nccc2C1=O. The molecule has 13 heavy (non-hydrogen) atoms. The van der Waals surface area contributed by atoms with Gasteiger partial charge in [-0.1, -0.05) is 0 Å². The van der Waals surface area contributed by atoms with Gasteiger partial charge in [0.2, 0.25) is 0 Å². The summed E-state index contributed by atoms with van der Waals surface area (Å²) in [5.41, 5.74) is 0.708. The van der Waals surface area contributed by atoms with Gasteiger partial charge in [0.25, 0.3) is 5.91 Å². The lowest BCUT2D eigenvalue weighted by Crippen LogP contribution is -2.44. The molecule has 70 valence electrons. The van der Waals surface area contributed by atoms with Gasteiger partial charge in [-0.05, 0) is 19.9 Å². The number of fused-ring (bicyclic) bond motifs is 1. The molecule has 1 aromatic rings. The van der Waals surface area contributed by atoms with E-state index in [1.54, 1.807) is 16.9 Å². The molecule has 0 atom stereocenters. The third kappa shape index (κ3) is 1.22. The molecule has 1 aliphatic heterocycles. The van der Waals surface area contributed by atoms with E-state index in [1.165, 1.54) is 0 Å². The Morgan fingerprint density at radius 3 is 2.92 bits per heavy atom. The molecule has 0 radical (unpaired) electrons. The second kappa shape index (κ2) is 2.87. The maximum atomic E-state index is 11.8. The van der Waals surface area contributed by atoms with E-state index in [1.807, 2.05) is 18.7 Å². The third-order valence-electron chi connectivity index (χ3n) is 2.37. The van der Waals surface area contributed by atoms with Crippen LogP contribution >= 0.6 is 0 Å². The zero-order chi connectivity index (χ0) is 9.42. The molecule has 1 amide bonds. The minimum atomic E-state index is 0.0961. The minimum Gasteiger partial charge on any atom is -0.333 e. The smallest absolute Gasteiger partial charge is 0.272 e. The molecule has 2 heterocycles. The van der Waals surface area contributed by atoms with Crippen molar-refractivity contribution in [2.45, 2.75) is 26.4 Å². The van der Waals surface area contributed by atoms with E-state index in [4.69, 9.17) is 0 Å². The third-order valence-corrected chi connectivity index (χ3v) is 2.37. The number of nitrogens with zero attached hydrogens (tertiary/aromatic N) is 3. The molecule has 2 rings (SSSR count). The number of aromatic nitrogens is 2. The van der Waals surface area contributed by atoms with Crippen LogP contribution in [-0.2, 0) is 6.54 Å². The number of amides is 1. The molecule has 0 spiro atoms. The first kappa shape index (κ1) is 8.29. The summed E-state index contributed by atoms with van der Waals surface area (Å²) in [5, 5.41) is 4.07. The van der Waals surface area contributed by atoms with Crippen LogP contribution in [0.2, 0.25) is 0 Å². The average molecular weight is 179 g/mol. The van der Waals surface area contributed by atoms with Crippen LogP contribution in [0.25, 0.3) is 0 Å². The first-order chi connectivity index (χ1) is 6.20. The summed E-state index contributed by atoms with van der Waals surface area (Å²) in [6.45, 7) is 5.64. The van der Waals surface area contributed by atoms with Crippen LogP contribution in [0.4, 0.5) is 0 Å². The largest absolute Gasteiger partial charge is 0.333 e. The highest BCUT2D eigenvalue weighted by molar-refractivity contribution is 5.93. The van der Waals surface area contributed by atoms with Gasteiger partial charge in [-0.2, -0.15) is 5.10 Å². The van der Waals surface area contributed by atoms with Crippen molar-refractivity contribution in [3.63, 3.8) is 0 Å². The van der Waals surface area contributed by atoms with Gasteiger partial charge in [0.15, 0.2) is 0 Å². The number of hydrogen-bond acceptors (Lipinski definition) is 2. The van der Waals surface area contributed by atoms with Crippen LogP contribution < -0.4 is 0 Å². The summed E-state index contributed by atoms with van der Waals surface area (Å²) in [7, 11) is 0. The first-order valence-electron chi connectivity index (χ1n) is 4.53. The van der Waals surface area contributed by atoms with Crippen molar-refractivity contribution < 1.29 is 4.79 Å². The van der Waals surface area contributed by atoms with Crippen LogP contribution in [0.1, 0.15) is 24.3 Å². The van der Waals surface area contributed by atoms with Gasteiger partial charge in [0, 0.05) is 18.8 Å². The lowest BCUT2D eigenvalue weighted by molar-refractivity contribution is 0.0641. The molecular formula is C9H13N3O. The van der Waals surface area contributed by atoms with Crippen LogP contribution in [0.15, 0.2) is 12.3 Å². The summed E-state index contributed by atoms with van der Waals surface area (Å²) in [6.07, 6.45) is 1.68. The van der Waals surface area contributed by atoms with Crippen molar-refractivity contribution >= 4 is 5.91 Å². The molecule has 0 aliphatic carbocycles. The lowest BCUT2D eigenvalue weighted by atomic mass is 10.2. The number of carbonyl (C=O) groups excluding carboxylic acids is 1. The summed E-state index contributed by atoms with van der Waals surface area (Å²) < 4.78 is 1.77. The summed E-state index contributed by atoms with van der Waals surface area (Å²) in [6, 6.07) is 2.05. The van der Waals surface area contributed by atoms with Crippen molar-refractivity contribution in [2.24, 2.45) is 0 Å². The fraction of sp³-hybridized carbons (Fsp3) is 0.556. The normalized spacial score (nSPS) is 16.5. The van der Waals surface area contributed by atoms with Crippen molar-refractivity contribution in [1.82, 2.24) is 14.7 Å². The molecular weight excluding hydrogens is 166 g/mol. The molecule has 0 bridgehead atoms. The molecule has 1 aliphatic rings. The van der Waals surface area contributed by atoms with E-state index < -0.39 is 0 Å². The Balaban J connectivity index is 2.32. The first-order valence-corrected chi connectivity index (χ1v) is 4.53. The van der Waals surface area contributed by atoms with Crippen LogP contribution in [0, 0.1) is 0 Å². The Labute approximate surface area is 77.1 Å². The Kier molecular flexibility index (Phi) is 1.83. The van der Waals surface area contributed by atoms with Crippen molar-refractivity contribution in [2.75, 3.05) is 6.54 Å². The van der Waals surface area contributed by atoms with Crippen LogP contribution in [-0.4, -0.2) is 33.2 Å². The monoisotopic (exact) mass is 179 g/mol. The Morgan fingerprint density at radius 1 is 1.46 bits per heavy atom. The molecule has 0 saturated carbocycles. The summed E-state index contributed by atoms with van der Waals surface area (Å²) in [4.78, 5) is 13.7. The molecule has 0 aromatic carbocycles. The maximum absolute atomic E-state index is 11.8. The lowest BCUT2D eigenvalue weighted by Gasteiger charge is -2.30. The van der Waals surface area contributed by atoms with E-state index in [9.17, 15) is 4.79 Å². The molecule has 0 saturated heterocycles. The van der Waals surface area contributed by atoms with E-state index in [0.717, 1.165) is 13.1 Å². The number of carbonyl (C=O) groups is 1. The van der Waals surface area contributed by atoms with Gasteiger partial charge in [-0.3, -0.25) is 9.48 Å². The van der Waals surface area contributed by atoms with Crippen LogP contribution in [0.3, 0.4) is 0 Å². The van der Waals surface area contributed by atoms with E-state index >= 15 is 0 Å². The van der Waals surface area contributed by atoms with Gasteiger partial charge in [0.05, 0.1) is 6.54 Å². The minimum absolute atomic E-state index is 0.0961. The molecule has 0 unspecified atom stereocenters. The summed E-state index contributed by atoms with van der Waals surface area (Å²) >= 11 is 0. The van der Waals surface area contributed by atoms with Crippen molar-refractivity contribution in [3.8, 4) is 0 Å². The fourth-order valence-corrected chi connectivity index (χ4v) is 1.64. The standard InChI is InChI=1S/C9H13N3O/c1-7(2)11-5-6-12-8(9(11)13)3-4-10-12/h3-4,7H,5-6H2,1-2H3. The number of hydrogen-bond donors (Lipinski definition) is 0. The molecule has 4 nitrogen and oxygen atoms in total. The van der Waals surface area contributed by atoms with Crippen molar-refractivity contribution in [1.29, 1.82) is 0 Å². The average Bonchev–Trinajstić information content (AvgIpc) is 2.52. The highest BCUT2D eigenvalue weighted by Crippen LogP contribution is 2.13. The predicted molar refractivity (Wildman–Crippen MR) is 48.4 cm³/mol. The Hall–Kier alpha value is -1.32. The zero-order valence-corrected chi connectivity index (χ0v) is 7.90. The van der Waals surface area contributed by atoms with Gasteiger partial charge in [-0.25, -0.2) is 0 Å². The second-order valence-electron chi connectivity index (χ2n) is 3.53. The Bertz CT molecular complexity index is 329. The highest BCUT2D eigenvalue weighted by Gasteiger charge is 2.26. The van der Waals surface area contributed by atoms with Crippen molar-refractivity contribution in [3.05, 3.63) is 18.0 Å². The zero-order valence-electron chi connectivity index (χ0n) is 7.90.